The third-order valence-electron chi connectivity index (χ3n) is 4.67. The smallest absolute Gasteiger partial charge is 0.322 e. The molecule has 3 N–H and O–H groups in total. The number of pyridine rings is 1. The maximum atomic E-state index is 14.3. The molecule has 1 aliphatic rings. The SMILES string of the molecule is O=C(Nc1ccc(CF)c(Cl)c1)N1CC=C(c2ncc([C@H](O)CO)cc2F)CC1. The van der Waals surface area contributed by atoms with Crippen LogP contribution in [-0.2, 0) is 6.67 Å². The van der Waals surface area contributed by atoms with Crippen molar-refractivity contribution in [1.82, 2.24) is 9.88 Å². The second-order valence-corrected chi connectivity index (χ2v) is 7.00. The van der Waals surface area contributed by atoms with E-state index < -0.39 is 25.2 Å². The number of anilines is 1. The van der Waals surface area contributed by atoms with E-state index >= 15 is 0 Å². The molecule has 9 heteroatoms. The molecular weight excluding hydrogens is 404 g/mol. The van der Waals surface area contributed by atoms with Crippen LogP contribution in [0.1, 0.15) is 29.3 Å². The van der Waals surface area contributed by atoms with Gasteiger partial charge in [0.05, 0.1) is 6.61 Å². The molecule has 3 rings (SSSR count). The zero-order valence-corrected chi connectivity index (χ0v) is 16.2. The third kappa shape index (κ3) is 4.90. The van der Waals surface area contributed by atoms with Crippen molar-refractivity contribution in [2.45, 2.75) is 19.2 Å². The van der Waals surface area contributed by atoms with Gasteiger partial charge in [0, 0.05) is 41.1 Å². The summed E-state index contributed by atoms with van der Waals surface area (Å²) in [6.45, 7) is -0.581. The number of nitrogens with zero attached hydrogens (tertiary/aromatic N) is 2. The highest BCUT2D eigenvalue weighted by Gasteiger charge is 2.21. The van der Waals surface area contributed by atoms with Gasteiger partial charge >= 0.3 is 6.03 Å². The molecule has 2 aromatic rings. The van der Waals surface area contributed by atoms with Crippen LogP contribution in [0.15, 0.2) is 36.5 Å². The first-order valence-corrected chi connectivity index (χ1v) is 9.34. The number of hydrogen-bond acceptors (Lipinski definition) is 4. The summed E-state index contributed by atoms with van der Waals surface area (Å²) in [7, 11) is 0. The van der Waals surface area contributed by atoms with Crippen molar-refractivity contribution < 1.29 is 23.8 Å². The normalized spacial score (nSPS) is 15.1. The first kappa shape index (κ1) is 21.2. The number of rotatable bonds is 5. The summed E-state index contributed by atoms with van der Waals surface area (Å²) in [5.41, 5.74) is 1.82. The number of aliphatic hydroxyl groups is 2. The summed E-state index contributed by atoms with van der Waals surface area (Å²) >= 11 is 5.95. The van der Waals surface area contributed by atoms with E-state index in [9.17, 15) is 18.7 Å². The van der Waals surface area contributed by atoms with Crippen molar-refractivity contribution in [3.63, 3.8) is 0 Å². The highest BCUT2D eigenvalue weighted by atomic mass is 35.5. The average molecular weight is 424 g/mol. The van der Waals surface area contributed by atoms with E-state index in [1.54, 1.807) is 17.0 Å². The first-order valence-electron chi connectivity index (χ1n) is 8.97. The molecule has 154 valence electrons. The van der Waals surface area contributed by atoms with Crippen molar-refractivity contribution in [3.8, 4) is 0 Å². The fraction of sp³-hybridized carbons (Fsp3) is 0.300. The number of carbonyl (C=O) groups is 1. The number of amides is 2. The highest BCUT2D eigenvalue weighted by molar-refractivity contribution is 6.31. The van der Waals surface area contributed by atoms with Crippen molar-refractivity contribution in [3.05, 3.63) is 64.2 Å². The van der Waals surface area contributed by atoms with Gasteiger partial charge in [0.2, 0.25) is 0 Å². The van der Waals surface area contributed by atoms with Gasteiger partial charge in [-0.25, -0.2) is 13.6 Å². The maximum absolute atomic E-state index is 14.3. The molecule has 0 unspecified atom stereocenters. The van der Waals surface area contributed by atoms with E-state index in [1.165, 1.54) is 18.3 Å². The number of aliphatic hydroxyl groups excluding tert-OH is 2. The third-order valence-corrected chi connectivity index (χ3v) is 5.02. The molecule has 0 saturated carbocycles. The quantitative estimate of drug-likeness (QED) is 0.684. The van der Waals surface area contributed by atoms with Gasteiger partial charge in [0.25, 0.3) is 0 Å². The zero-order chi connectivity index (χ0) is 21.0. The van der Waals surface area contributed by atoms with E-state index in [0.29, 0.717) is 29.8 Å². The van der Waals surface area contributed by atoms with E-state index in [0.717, 1.165) is 6.07 Å². The van der Waals surface area contributed by atoms with E-state index in [-0.39, 0.29) is 28.9 Å². The van der Waals surface area contributed by atoms with Gasteiger partial charge in [-0.2, -0.15) is 0 Å². The molecule has 0 fully saturated rings. The monoisotopic (exact) mass is 423 g/mol. The Kier molecular flexibility index (Phi) is 6.79. The Morgan fingerprint density at radius 2 is 2.17 bits per heavy atom. The Balaban J connectivity index is 1.66. The molecule has 0 radical (unpaired) electrons. The average Bonchev–Trinajstić information content (AvgIpc) is 2.73. The summed E-state index contributed by atoms with van der Waals surface area (Å²) in [4.78, 5) is 18.0. The Hall–Kier alpha value is -2.55. The van der Waals surface area contributed by atoms with Crippen LogP contribution in [0.2, 0.25) is 5.02 Å². The lowest BCUT2D eigenvalue weighted by Gasteiger charge is -2.27. The van der Waals surface area contributed by atoms with E-state index in [2.05, 4.69) is 10.3 Å². The van der Waals surface area contributed by atoms with Crippen LogP contribution in [-0.4, -0.2) is 45.8 Å². The van der Waals surface area contributed by atoms with Crippen LogP contribution < -0.4 is 5.32 Å². The Morgan fingerprint density at radius 3 is 2.76 bits per heavy atom. The Labute approximate surface area is 171 Å². The number of halogens is 3. The van der Waals surface area contributed by atoms with Crippen LogP contribution in [0.5, 0.6) is 0 Å². The summed E-state index contributed by atoms with van der Waals surface area (Å²) in [6, 6.07) is 5.37. The van der Waals surface area contributed by atoms with Crippen LogP contribution in [0.3, 0.4) is 0 Å². The predicted molar refractivity (Wildman–Crippen MR) is 106 cm³/mol. The van der Waals surface area contributed by atoms with Gasteiger partial charge in [0.15, 0.2) is 0 Å². The van der Waals surface area contributed by atoms with Crippen LogP contribution in [0.4, 0.5) is 19.3 Å². The fourth-order valence-corrected chi connectivity index (χ4v) is 3.21. The van der Waals surface area contributed by atoms with Gasteiger partial charge in [-0.3, -0.25) is 4.98 Å². The van der Waals surface area contributed by atoms with Crippen molar-refractivity contribution in [2.75, 3.05) is 25.0 Å². The van der Waals surface area contributed by atoms with Crippen molar-refractivity contribution in [2.24, 2.45) is 0 Å². The largest absolute Gasteiger partial charge is 0.393 e. The summed E-state index contributed by atoms with van der Waals surface area (Å²) < 4.78 is 27.1. The molecule has 1 aliphatic heterocycles. The van der Waals surface area contributed by atoms with Gasteiger partial charge < -0.3 is 20.4 Å². The van der Waals surface area contributed by atoms with Gasteiger partial charge in [-0.1, -0.05) is 23.7 Å². The topological polar surface area (TPSA) is 85.7 Å². The number of alkyl halides is 1. The minimum absolute atomic E-state index is 0.160. The van der Waals surface area contributed by atoms with Crippen molar-refractivity contribution >= 4 is 28.9 Å². The molecule has 29 heavy (non-hydrogen) atoms. The van der Waals surface area contributed by atoms with Crippen LogP contribution in [0, 0.1) is 5.82 Å². The molecule has 1 aromatic carbocycles. The van der Waals surface area contributed by atoms with Gasteiger partial charge in [-0.15, -0.1) is 0 Å². The molecular formula is C20H20ClF2N3O3. The molecule has 1 atom stereocenters. The van der Waals surface area contributed by atoms with E-state index in [4.69, 9.17) is 16.7 Å². The van der Waals surface area contributed by atoms with Gasteiger partial charge in [-0.05, 0) is 30.2 Å². The summed E-state index contributed by atoms with van der Waals surface area (Å²) in [6.07, 6.45) is 2.26. The fourth-order valence-electron chi connectivity index (χ4n) is 2.98. The molecule has 6 nitrogen and oxygen atoms in total. The Morgan fingerprint density at radius 1 is 1.38 bits per heavy atom. The first-order chi connectivity index (χ1) is 13.9. The number of aromatic nitrogens is 1. The lowest BCUT2D eigenvalue weighted by molar-refractivity contribution is 0.0950. The number of benzene rings is 1. The molecule has 0 saturated heterocycles. The maximum Gasteiger partial charge on any atom is 0.322 e. The number of hydrogen-bond donors (Lipinski definition) is 3. The second kappa shape index (κ2) is 9.30. The minimum atomic E-state index is -1.18. The van der Waals surface area contributed by atoms with Crippen molar-refractivity contribution in [1.29, 1.82) is 0 Å². The molecule has 2 amide bonds. The summed E-state index contributed by atoms with van der Waals surface area (Å²) in [5, 5.41) is 21.5. The van der Waals surface area contributed by atoms with Crippen LogP contribution >= 0.6 is 11.6 Å². The highest BCUT2D eigenvalue weighted by Crippen LogP contribution is 2.26. The lowest BCUT2D eigenvalue weighted by atomic mass is 10.0. The van der Waals surface area contributed by atoms with Crippen LogP contribution in [0.25, 0.3) is 5.57 Å². The number of carbonyl (C=O) groups excluding carboxylic acids is 1. The lowest BCUT2D eigenvalue weighted by Crippen LogP contribution is -2.38. The number of nitrogens with one attached hydrogen (secondary N) is 1. The zero-order valence-electron chi connectivity index (χ0n) is 15.4. The molecule has 0 spiro atoms. The Bertz CT molecular complexity index is 939. The predicted octanol–water partition coefficient (Wildman–Crippen LogP) is 3.69. The van der Waals surface area contributed by atoms with Gasteiger partial charge in [0.1, 0.15) is 24.3 Å². The summed E-state index contributed by atoms with van der Waals surface area (Å²) in [5.74, 6) is -0.596. The second-order valence-electron chi connectivity index (χ2n) is 6.59. The molecule has 0 bridgehead atoms. The molecule has 0 aliphatic carbocycles. The molecule has 1 aromatic heterocycles. The molecule has 2 heterocycles. The minimum Gasteiger partial charge on any atom is -0.393 e. The standard InChI is InChI=1S/C20H20ClF2N3O3/c21-16-8-15(2-1-13(16)9-22)25-20(29)26-5-3-12(4-6-26)19-17(23)7-14(10-24-19)18(28)11-27/h1-3,7-8,10,18,27-28H,4-6,9,11H2,(H,25,29)/t18-/m1/s1. The number of urea groups is 1. The van der Waals surface area contributed by atoms with E-state index in [1.807, 2.05) is 0 Å².